The molecule has 0 fully saturated rings. The first-order valence-electron chi connectivity index (χ1n) is 18.2. The summed E-state index contributed by atoms with van der Waals surface area (Å²) in [5.41, 5.74) is 0. The van der Waals surface area contributed by atoms with Crippen LogP contribution in [0.15, 0.2) is 36.5 Å². The number of rotatable bonds is 32. The molecular weight excluding hydrogens is 518 g/mol. The van der Waals surface area contributed by atoms with Gasteiger partial charge < -0.3 is 15.5 Å². The van der Waals surface area contributed by atoms with Crippen molar-refractivity contribution in [2.75, 3.05) is 6.61 Å². The van der Waals surface area contributed by atoms with Crippen LogP contribution in [0, 0.1) is 0 Å². The molecule has 3 N–H and O–H groups in total. The van der Waals surface area contributed by atoms with Crippen LogP contribution < -0.4 is 5.32 Å². The second-order valence-corrected chi connectivity index (χ2v) is 12.3. The number of amides is 1. The summed E-state index contributed by atoms with van der Waals surface area (Å²) in [5.74, 6) is -0.0740. The van der Waals surface area contributed by atoms with Gasteiger partial charge >= 0.3 is 0 Å². The molecule has 0 aromatic heterocycles. The van der Waals surface area contributed by atoms with Gasteiger partial charge in [0, 0.05) is 6.42 Å². The van der Waals surface area contributed by atoms with Gasteiger partial charge in [-0.2, -0.15) is 0 Å². The molecular formula is C38H71NO3. The number of nitrogens with one attached hydrogen (secondary N) is 1. The third-order valence-electron chi connectivity index (χ3n) is 8.07. The fourth-order valence-electron chi connectivity index (χ4n) is 5.23. The van der Waals surface area contributed by atoms with Crippen LogP contribution in [0.3, 0.4) is 0 Å². The van der Waals surface area contributed by atoms with E-state index in [0.29, 0.717) is 6.42 Å². The zero-order valence-corrected chi connectivity index (χ0v) is 28.0. The van der Waals surface area contributed by atoms with Gasteiger partial charge in [-0.05, 0) is 64.2 Å². The Kier molecular flexibility index (Phi) is 33.0. The summed E-state index contributed by atoms with van der Waals surface area (Å²) in [6.07, 6.45) is 43.6. The predicted octanol–water partition coefficient (Wildman–Crippen LogP) is 10.7. The minimum atomic E-state index is -0.842. The second kappa shape index (κ2) is 34.1. The monoisotopic (exact) mass is 590 g/mol. The van der Waals surface area contributed by atoms with Crippen molar-refractivity contribution in [3.05, 3.63) is 36.5 Å². The average molecular weight is 590 g/mol. The first kappa shape index (κ1) is 40.6. The second-order valence-electron chi connectivity index (χ2n) is 12.3. The minimum absolute atomic E-state index is 0.0740. The van der Waals surface area contributed by atoms with Crippen LogP contribution in [-0.4, -0.2) is 34.9 Å². The summed E-state index contributed by atoms with van der Waals surface area (Å²) in [7, 11) is 0. The van der Waals surface area contributed by atoms with Gasteiger partial charge in [-0.1, -0.05) is 147 Å². The maximum absolute atomic E-state index is 12.3. The maximum atomic E-state index is 12.3. The van der Waals surface area contributed by atoms with Gasteiger partial charge in [0.25, 0.3) is 0 Å². The maximum Gasteiger partial charge on any atom is 0.220 e. The van der Waals surface area contributed by atoms with Crippen molar-refractivity contribution in [1.82, 2.24) is 5.32 Å². The Morgan fingerprint density at radius 3 is 1.40 bits per heavy atom. The molecule has 246 valence electrons. The fraction of sp³-hybridized carbons (Fsp3) is 0.816. The standard InChI is InChI=1S/C38H71NO3/c1-3-5-7-9-11-13-15-17-18-19-20-22-24-26-28-30-32-34-38(42)39-36(35-40)37(41)33-31-29-27-25-23-21-16-14-12-10-8-6-4-2/h8,10,17-18,31,33,36-37,40-41H,3-7,9,11-16,19-30,32,34-35H2,1-2H3,(H,39,42)/b10-8-,18-17-,33-31+/t36-,37+/m0/s1. The van der Waals surface area contributed by atoms with Crippen LogP contribution in [0.5, 0.6) is 0 Å². The number of hydrogen-bond acceptors (Lipinski definition) is 3. The van der Waals surface area contributed by atoms with Crippen molar-refractivity contribution in [1.29, 1.82) is 0 Å². The number of hydrogen-bond donors (Lipinski definition) is 3. The van der Waals surface area contributed by atoms with Gasteiger partial charge in [-0.15, -0.1) is 0 Å². The number of carbonyl (C=O) groups is 1. The normalized spacial score (nSPS) is 13.5. The van der Waals surface area contributed by atoms with Crippen LogP contribution in [0.25, 0.3) is 0 Å². The molecule has 1 amide bonds. The van der Waals surface area contributed by atoms with E-state index < -0.39 is 12.1 Å². The van der Waals surface area contributed by atoms with E-state index in [1.807, 2.05) is 6.08 Å². The van der Waals surface area contributed by atoms with E-state index in [1.165, 1.54) is 135 Å². The fourth-order valence-corrected chi connectivity index (χ4v) is 5.23. The van der Waals surface area contributed by atoms with Gasteiger partial charge in [0.05, 0.1) is 18.8 Å². The molecule has 0 unspecified atom stereocenters. The topological polar surface area (TPSA) is 69.6 Å². The average Bonchev–Trinajstić information content (AvgIpc) is 2.99. The van der Waals surface area contributed by atoms with Crippen molar-refractivity contribution < 1.29 is 15.0 Å². The van der Waals surface area contributed by atoms with Crippen LogP contribution in [0.2, 0.25) is 0 Å². The van der Waals surface area contributed by atoms with Crippen molar-refractivity contribution in [3.8, 4) is 0 Å². The molecule has 0 rings (SSSR count). The molecule has 0 radical (unpaired) electrons. The summed E-state index contributed by atoms with van der Waals surface area (Å²) in [4.78, 5) is 12.3. The lowest BCUT2D eigenvalue weighted by Crippen LogP contribution is -2.45. The lowest BCUT2D eigenvalue weighted by molar-refractivity contribution is -0.123. The molecule has 0 spiro atoms. The molecule has 0 saturated carbocycles. The van der Waals surface area contributed by atoms with Crippen molar-refractivity contribution >= 4 is 5.91 Å². The molecule has 4 heteroatoms. The van der Waals surface area contributed by atoms with Crippen LogP contribution >= 0.6 is 0 Å². The molecule has 0 aliphatic rings. The number of unbranched alkanes of at least 4 members (excludes halogenated alkanes) is 21. The Morgan fingerprint density at radius 1 is 0.548 bits per heavy atom. The molecule has 0 aliphatic carbocycles. The SMILES string of the molecule is CCC/C=C\CCCCCCCC/C=C/[C@@H](O)[C@H](CO)NC(=O)CCCCCCCCC/C=C\CCCCCCCC. The highest BCUT2D eigenvalue weighted by Crippen LogP contribution is 2.12. The zero-order chi connectivity index (χ0) is 30.8. The van der Waals surface area contributed by atoms with E-state index >= 15 is 0 Å². The lowest BCUT2D eigenvalue weighted by atomic mass is 10.1. The van der Waals surface area contributed by atoms with E-state index in [-0.39, 0.29) is 12.5 Å². The van der Waals surface area contributed by atoms with Crippen molar-refractivity contribution in [3.63, 3.8) is 0 Å². The molecule has 2 atom stereocenters. The van der Waals surface area contributed by atoms with Crippen molar-refractivity contribution in [2.45, 2.75) is 193 Å². The van der Waals surface area contributed by atoms with Gasteiger partial charge in [0.1, 0.15) is 0 Å². The molecule has 0 aliphatic heterocycles. The molecule has 0 heterocycles. The summed E-state index contributed by atoms with van der Waals surface area (Å²) in [6, 6.07) is -0.625. The highest BCUT2D eigenvalue weighted by molar-refractivity contribution is 5.76. The van der Waals surface area contributed by atoms with E-state index in [0.717, 1.165) is 25.7 Å². The molecule has 0 aromatic rings. The molecule has 0 bridgehead atoms. The number of carbonyl (C=O) groups excluding carboxylic acids is 1. The Morgan fingerprint density at radius 2 is 0.952 bits per heavy atom. The summed E-state index contributed by atoms with van der Waals surface area (Å²) >= 11 is 0. The van der Waals surface area contributed by atoms with Gasteiger partial charge in [0.2, 0.25) is 5.91 Å². The first-order chi connectivity index (χ1) is 20.7. The van der Waals surface area contributed by atoms with E-state index in [2.05, 4.69) is 43.5 Å². The number of aliphatic hydroxyl groups excluding tert-OH is 2. The summed E-state index contributed by atoms with van der Waals surface area (Å²) in [5, 5.41) is 22.9. The Labute approximate surface area is 261 Å². The highest BCUT2D eigenvalue weighted by Gasteiger charge is 2.17. The number of allylic oxidation sites excluding steroid dienone is 5. The predicted molar refractivity (Wildman–Crippen MR) is 184 cm³/mol. The van der Waals surface area contributed by atoms with Crippen molar-refractivity contribution in [2.24, 2.45) is 0 Å². The van der Waals surface area contributed by atoms with E-state index in [9.17, 15) is 15.0 Å². The van der Waals surface area contributed by atoms with Gasteiger partial charge in [-0.3, -0.25) is 4.79 Å². The Hall–Kier alpha value is -1.39. The molecule has 0 saturated heterocycles. The third-order valence-corrected chi connectivity index (χ3v) is 8.07. The van der Waals surface area contributed by atoms with E-state index in [4.69, 9.17) is 0 Å². The van der Waals surface area contributed by atoms with E-state index in [1.54, 1.807) is 6.08 Å². The summed E-state index contributed by atoms with van der Waals surface area (Å²) < 4.78 is 0. The lowest BCUT2D eigenvalue weighted by Gasteiger charge is -2.20. The zero-order valence-electron chi connectivity index (χ0n) is 28.0. The minimum Gasteiger partial charge on any atom is -0.394 e. The van der Waals surface area contributed by atoms with Crippen LogP contribution in [0.1, 0.15) is 181 Å². The molecule has 42 heavy (non-hydrogen) atoms. The molecule has 0 aromatic carbocycles. The Balaban J connectivity index is 3.64. The quantitative estimate of drug-likeness (QED) is 0.0540. The highest BCUT2D eigenvalue weighted by atomic mass is 16.3. The first-order valence-corrected chi connectivity index (χ1v) is 18.2. The largest absolute Gasteiger partial charge is 0.394 e. The third kappa shape index (κ3) is 30.1. The van der Waals surface area contributed by atoms with Crippen LogP contribution in [0.4, 0.5) is 0 Å². The summed E-state index contributed by atoms with van der Waals surface area (Å²) in [6.45, 7) is 4.23. The molecule has 4 nitrogen and oxygen atoms in total. The number of aliphatic hydroxyl groups is 2. The smallest absolute Gasteiger partial charge is 0.220 e. The van der Waals surface area contributed by atoms with Gasteiger partial charge in [0.15, 0.2) is 0 Å². The Bertz CT molecular complexity index is 642. The van der Waals surface area contributed by atoms with Gasteiger partial charge in [-0.25, -0.2) is 0 Å². The van der Waals surface area contributed by atoms with Crippen LogP contribution in [-0.2, 0) is 4.79 Å².